The highest BCUT2D eigenvalue weighted by atomic mass is 16.5. The SMILES string of the molecule is Cn1cc([C@@H]2CCCN2C(=O)c2ccc(N3CCOCC3)cc2)cn1. The molecule has 2 aliphatic rings. The number of aromatic nitrogens is 2. The summed E-state index contributed by atoms with van der Waals surface area (Å²) >= 11 is 0. The zero-order valence-electron chi connectivity index (χ0n) is 14.6. The lowest BCUT2D eigenvalue weighted by Gasteiger charge is -2.29. The van der Waals surface area contributed by atoms with Crippen molar-refractivity contribution >= 4 is 11.6 Å². The topological polar surface area (TPSA) is 50.6 Å². The molecule has 0 bridgehead atoms. The van der Waals surface area contributed by atoms with Crippen LogP contribution in [0.4, 0.5) is 5.69 Å². The highest BCUT2D eigenvalue weighted by Gasteiger charge is 2.31. The molecule has 4 rings (SSSR count). The number of carbonyl (C=O) groups is 1. The smallest absolute Gasteiger partial charge is 0.254 e. The molecule has 0 saturated carbocycles. The van der Waals surface area contributed by atoms with Gasteiger partial charge >= 0.3 is 0 Å². The summed E-state index contributed by atoms with van der Waals surface area (Å²) in [5.41, 5.74) is 3.04. The number of morpholine rings is 1. The maximum atomic E-state index is 13.0. The number of aryl methyl sites for hydroxylation is 1. The van der Waals surface area contributed by atoms with Crippen molar-refractivity contribution < 1.29 is 9.53 Å². The molecule has 2 fully saturated rings. The van der Waals surface area contributed by atoms with E-state index in [-0.39, 0.29) is 11.9 Å². The summed E-state index contributed by atoms with van der Waals surface area (Å²) in [6.45, 7) is 4.15. The number of anilines is 1. The second-order valence-corrected chi connectivity index (χ2v) is 6.75. The number of hydrogen-bond donors (Lipinski definition) is 0. The van der Waals surface area contributed by atoms with E-state index >= 15 is 0 Å². The molecule has 132 valence electrons. The van der Waals surface area contributed by atoms with Gasteiger partial charge in [-0.15, -0.1) is 0 Å². The summed E-state index contributed by atoms with van der Waals surface area (Å²) in [6.07, 6.45) is 5.93. The second kappa shape index (κ2) is 6.88. The summed E-state index contributed by atoms with van der Waals surface area (Å²) in [5.74, 6) is 0.111. The number of amides is 1. The molecule has 2 aromatic rings. The largest absolute Gasteiger partial charge is 0.378 e. The first-order valence-corrected chi connectivity index (χ1v) is 8.94. The Morgan fingerprint density at radius 3 is 2.60 bits per heavy atom. The molecule has 0 N–H and O–H groups in total. The van der Waals surface area contributed by atoms with Crippen LogP contribution in [0.2, 0.25) is 0 Å². The Kier molecular flexibility index (Phi) is 4.44. The van der Waals surface area contributed by atoms with Crippen LogP contribution < -0.4 is 4.90 Å². The average molecular weight is 340 g/mol. The monoisotopic (exact) mass is 340 g/mol. The normalized spacial score (nSPS) is 20.9. The zero-order valence-corrected chi connectivity index (χ0v) is 14.6. The number of carbonyl (C=O) groups excluding carboxylic acids is 1. The van der Waals surface area contributed by atoms with Crippen molar-refractivity contribution in [3.63, 3.8) is 0 Å². The Bertz CT molecular complexity index is 734. The van der Waals surface area contributed by atoms with E-state index in [1.807, 2.05) is 48.6 Å². The lowest BCUT2D eigenvalue weighted by molar-refractivity contribution is 0.0735. The van der Waals surface area contributed by atoms with Crippen LogP contribution in [0, 0.1) is 0 Å². The third kappa shape index (κ3) is 3.26. The molecule has 6 nitrogen and oxygen atoms in total. The molecule has 0 spiro atoms. The molecule has 6 heteroatoms. The van der Waals surface area contributed by atoms with Crippen molar-refractivity contribution in [3.8, 4) is 0 Å². The average Bonchev–Trinajstić information content (AvgIpc) is 3.31. The molecule has 0 unspecified atom stereocenters. The van der Waals surface area contributed by atoms with Gasteiger partial charge in [0.1, 0.15) is 0 Å². The standard InChI is InChI=1S/C19H24N4O2/c1-21-14-16(13-20-21)18-3-2-8-23(18)19(24)15-4-6-17(7-5-15)22-9-11-25-12-10-22/h4-7,13-14,18H,2-3,8-12H2,1H3/t18-/m0/s1. The Labute approximate surface area is 148 Å². The molecule has 1 aromatic carbocycles. The highest BCUT2D eigenvalue weighted by molar-refractivity contribution is 5.95. The molecule has 0 radical (unpaired) electrons. The first kappa shape index (κ1) is 16.1. The van der Waals surface area contributed by atoms with Gasteiger partial charge in [-0.1, -0.05) is 0 Å². The molecule has 1 aromatic heterocycles. The van der Waals surface area contributed by atoms with E-state index in [4.69, 9.17) is 4.74 Å². The van der Waals surface area contributed by atoms with E-state index in [9.17, 15) is 4.79 Å². The van der Waals surface area contributed by atoms with Crippen LogP contribution >= 0.6 is 0 Å². The molecule has 2 saturated heterocycles. The van der Waals surface area contributed by atoms with Crippen LogP contribution in [0.5, 0.6) is 0 Å². The van der Waals surface area contributed by atoms with Crippen LogP contribution in [0.3, 0.4) is 0 Å². The summed E-state index contributed by atoms with van der Waals surface area (Å²) in [6, 6.07) is 8.14. The molecule has 0 aliphatic carbocycles. The van der Waals surface area contributed by atoms with Crippen LogP contribution in [0.1, 0.15) is 34.8 Å². The Morgan fingerprint density at radius 2 is 1.92 bits per heavy atom. The van der Waals surface area contributed by atoms with Gasteiger partial charge in [0.2, 0.25) is 0 Å². The van der Waals surface area contributed by atoms with Crippen LogP contribution in [-0.4, -0.2) is 53.4 Å². The van der Waals surface area contributed by atoms with Crippen LogP contribution in [0.25, 0.3) is 0 Å². The van der Waals surface area contributed by atoms with Crippen molar-refractivity contribution in [2.75, 3.05) is 37.7 Å². The minimum Gasteiger partial charge on any atom is -0.378 e. The second-order valence-electron chi connectivity index (χ2n) is 6.75. The van der Waals surface area contributed by atoms with Gasteiger partial charge in [0.15, 0.2) is 0 Å². The van der Waals surface area contributed by atoms with Crippen molar-refractivity contribution in [1.82, 2.24) is 14.7 Å². The van der Waals surface area contributed by atoms with Gasteiger partial charge in [0, 0.05) is 49.7 Å². The first-order chi connectivity index (χ1) is 12.2. The lowest BCUT2D eigenvalue weighted by atomic mass is 10.1. The van der Waals surface area contributed by atoms with Gasteiger partial charge in [-0.3, -0.25) is 9.48 Å². The number of likely N-dealkylation sites (tertiary alicyclic amines) is 1. The predicted octanol–water partition coefficient (Wildman–Crippen LogP) is 2.23. The number of nitrogens with zero attached hydrogens (tertiary/aromatic N) is 4. The third-order valence-corrected chi connectivity index (χ3v) is 5.11. The predicted molar refractivity (Wildman–Crippen MR) is 95.7 cm³/mol. The Balaban J connectivity index is 1.50. The van der Waals surface area contributed by atoms with Crippen molar-refractivity contribution in [3.05, 3.63) is 47.8 Å². The lowest BCUT2D eigenvalue weighted by Crippen LogP contribution is -2.36. The van der Waals surface area contributed by atoms with Crippen molar-refractivity contribution in [1.29, 1.82) is 0 Å². The number of benzene rings is 1. The minimum atomic E-state index is 0.111. The number of rotatable bonds is 3. The maximum absolute atomic E-state index is 13.0. The molecule has 1 amide bonds. The van der Waals surface area contributed by atoms with Gasteiger partial charge in [-0.05, 0) is 37.1 Å². The summed E-state index contributed by atoms with van der Waals surface area (Å²) < 4.78 is 7.20. The van der Waals surface area contributed by atoms with Gasteiger partial charge in [0.25, 0.3) is 5.91 Å². The summed E-state index contributed by atoms with van der Waals surface area (Å²) in [7, 11) is 1.91. The van der Waals surface area contributed by atoms with Gasteiger partial charge < -0.3 is 14.5 Å². The fourth-order valence-electron chi connectivity index (χ4n) is 3.77. The van der Waals surface area contributed by atoms with E-state index in [2.05, 4.69) is 10.00 Å². The molecule has 3 heterocycles. The van der Waals surface area contributed by atoms with E-state index in [0.717, 1.165) is 62.5 Å². The van der Waals surface area contributed by atoms with E-state index in [1.165, 1.54) is 0 Å². The molecular weight excluding hydrogens is 316 g/mol. The summed E-state index contributed by atoms with van der Waals surface area (Å²) in [4.78, 5) is 17.3. The minimum absolute atomic E-state index is 0.111. The highest BCUT2D eigenvalue weighted by Crippen LogP contribution is 2.33. The van der Waals surface area contributed by atoms with E-state index in [1.54, 1.807) is 4.68 Å². The van der Waals surface area contributed by atoms with Gasteiger partial charge in [0.05, 0.1) is 25.5 Å². The van der Waals surface area contributed by atoms with Crippen LogP contribution in [-0.2, 0) is 11.8 Å². The molecular formula is C19H24N4O2. The van der Waals surface area contributed by atoms with Gasteiger partial charge in [-0.25, -0.2) is 0 Å². The third-order valence-electron chi connectivity index (χ3n) is 5.11. The number of hydrogen-bond acceptors (Lipinski definition) is 4. The maximum Gasteiger partial charge on any atom is 0.254 e. The number of ether oxygens (including phenoxy) is 1. The molecule has 1 atom stereocenters. The van der Waals surface area contributed by atoms with Gasteiger partial charge in [-0.2, -0.15) is 5.10 Å². The van der Waals surface area contributed by atoms with Crippen molar-refractivity contribution in [2.24, 2.45) is 7.05 Å². The zero-order chi connectivity index (χ0) is 17.2. The summed E-state index contributed by atoms with van der Waals surface area (Å²) in [5, 5.41) is 4.25. The van der Waals surface area contributed by atoms with Crippen LogP contribution in [0.15, 0.2) is 36.7 Å². The van der Waals surface area contributed by atoms with E-state index < -0.39 is 0 Å². The molecule has 25 heavy (non-hydrogen) atoms. The fourth-order valence-corrected chi connectivity index (χ4v) is 3.77. The fraction of sp³-hybridized carbons (Fsp3) is 0.474. The first-order valence-electron chi connectivity index (χ1n) is 8.94. The van der Waals surface area contributed by atoms with Crippen molar-refractivity contribution in [2.45, 2.75) is 18.9 Å². The Morgan fingerprint density at radius 1 is 1.16 bits per heavy atom. The Hall–Kier alpha value is -2.34. The van der Waals surface area contributed by atoms with E-state index in [0.29, 0.717) is 0 Å². The quantitative estimate of drug-likeness (QED) is 0.860. The molecule has 2 aliphatic heterocycles.